The molecule has 1 saturated carbocycles. The third-order valence-corrected chi connectivity index (χ3v) is 4.68. The predicted octanol–water partition coefficient (Wildman–Crippen LogP) is 2.38. The van der Waals surface area contributed by atoms with Crippen molar-refractivity contribution < 1.29 is 0 Å². The van der Waals surface area contributed by atoms with Gasteiger partial charge in [-0.3, -0.25) is 0 Å². The molecule has 2 atom stereocenters. The number of hydrogen-bond acceptors (Lipinski definition) is 4. The van der Waals surface area contributed by atoms with Crippen LogP contribution in [0.2, 0.25) is 0 Å². The van der Waals surface area contributed by atoms with E-state index in [1.54, 1.807) is 11.3 Å². The Hall–Kier alpha value is -0.0600. The number of thiazole rings is 1. The number of nitrogens with zero attached hydrogens (tertiary/aromatic N) is 1. The highest BCUT2D eigenvalue weighted by atomic mass is 32.2. The van der Waals surface area contributed by atoms with Crippen LogP contribution in [0.5, 0.6) is 0 Å². The lowest BCUT2D eigenvalue weighted by Crippen LogP contribution is -2.21. The second-order valence-corrected chi connectivity index (χ2v) is 5.78. The molecule has 1 aromatic heterocycles. The second kappa shape index (κ2) is 4.44. The molecule has 0 amide bonds. The maximum atomic E-state index is 4.29. The molecule has 2 rings (SSSR count). The summed E-state index contributed by atoms with van der Waals surface area (Å²) in [5.41, 5.74) is 0. The molecule has 1 fully saturated rings. The zero-order chi connectivity index (χ0) is 9.10. The third-order valence-electron chi connectivity index (χ3n) is 2.47. The van der Waals surface area contributed by atoms with E-state index in [-0.39, 0.29) is 0 Å². The van der Waals surface area contributed by atoms with Crippen LogP contribution >= 0.6 is 23.1 Å². The first-order valence-electron chi connectivity index (χ1n) is 4.62. The minimum absolute atomic E-state index is 0.734. The summed E-state index contributed by atoms with van der Waals surface area (Å²) in [6, 6.07) is 0.734. The van der Waals surface area contributed by atoms with Crippen LogP contribution in [-0.2, 0) is 0 Å². The molecular formula is C9H14N2S2. The van der Waals surface area contributed by atoms with Crippen molar-refractivity contribution in [1.82, 2.24) is 10.3 Å². The summed E-state index contributed by atoms with van der Waals surface area (Å²) >= 11 is 3.69. The van der Waals surface area contributed by atoms with Crippen molar-refractivity contribution in [2.24, 2.45) is 0 Å². The fourth-order valence-corrected chi connectivity index (χ4v) is 3.87. The number of thioether (sulfide) groups is 1. The molecule has 2 nitrogen and oxygen atoms in total. The summed E-state index contributed by atoms with van der Waals surface area (Å²) in [6.45, 7) is 0. The highest BCUT2D eigenvalue weighted by Gasteiger charge is 2.24. The van der Waals surface area contributed by atoms with Gasteiger partial charge in [-0.05, 0) is 26.3 Å². The van der Waals surface area contributed by atoms with E-state index >= 15 is 0 Å². The quantitative estimate of drug-likeness (QED) is 0.836. The van der Waals surface area contributed by atoms with E-state index in [9.17, 15) is 0 Å². The van der Waals surface area contributed by atoms with Crippen molar-refractivity contribution >= 4 is 23.1 Å². The van der Waals surface area contributed by atoms with Gasteiger partial charge in [-0.2, -0.15) is 0 Å². The van der Waals surface area contributed by atoms with Crippen LogP contribution < -0.4 is 5.32 Å². The average molecular weight is 214 g/mol. The largest absolute Gasteiger partial charge is 0.317 e. The standard InChI is InChI=1S/C9H14N2S2/c1-10-7-2-3-8(6-7)13-9-11-4-5-12-9/h4-5,7-8,10H,2-3,6H2,1H3. The van der Waals surface area contributed by atoms with Crippen LogP contribution in [0.25, 0.3) is 0 Å². The Morgan fingerprint density at radius 3 is 3.15 bits per heavy atom. The van der Waals surface area contributed by atoms with E-state index in [1.807, 2.05) is 23.3 Å². The molecule has 2 unspecified atom stereocenters. The van der Waals surface area contributed by atoms with E-state index in [0.29, 0.717) is 0 Å². The average Bonchev–Trinajstić information content (AvgIpc) is 2.76. The fraction of sp³-hybridized carbons (Fsp3) is 0.667. The maximum Gasteiger partial charge on any atom is 0.150 e. The van der Waals surface area contributed by atoms with Gasteiger partial charge in [0, 0.05) is 22.9 Å². The van der Waals surface area contributed by atoms with Crippen LogP contribution in [0.4, 0.5) is 0 Å². The lowest BCUT2D eigenvalue weighted by atomic mass is 10.3. The zero-order valence-corrected chi connectivity index (χ0v) is 9.33. The van der Waals surface area contributed by atoms with Gasteiger partial charge in [0.1, 0.15) is 4.34 Å². The molecule has 4 heteroatoms. The third kappa shape index (κ3) is 2.45. The Morgan fingerprint density at radius 2 is 2.54 bits per heavy atom. The first kappa shape index (κ1) is 9.49. The number of rotatable bonds is 3. The van der Waals surface area contributed by atoms with Crippen LogP contribution in [0.3, 0.4) is 0 Å². The molecule has 0 aromatic carbocycles. The monoisotopic (exact) mass is 214 g/mol. The van der Waals surface area contributed by atoms with Gasteiger partial charge in [0.05, 0.1) is 0 Å². The van der Waals surface area contributed by atoms with Crippen molar-refractivity contribution in [3.8, 4) is 0 Å². The van der Waals surface area contributed by atoms with Crippen LogP contribution in [-0.4, -0.2) is 23.3 Å². The van der Waals surface area contributed by atoms with Gasteiger partial charge in [0.25, 0.3) is 0 Å². The molecule has 1 N–H and O–H groups in total. The van der Waals surface area contributed by atoms with Gasteiger partial charge in [0.15, 0.2) is 0 Å². The maximum absolute atomic E-state index is 4.29. The van der Waals surface area contributed by atoms with Crippen LogP contribution in [0, 0.1) is 0 Å². The topological polar surface area (TPSA) is 24.9 Å². The van der Waals surface area contributed by atoms with Crippen molar-refractivity contribution in [3.63, 3.8) is 0 Å². The van der Waals surface area contributed by atoms with E-state index in [4.69, 9.17) is 0 Å². The molecule has 1 aromatic rings. The van der Waals surface area contributed by atoms with Crippen LogP contribution in [0.15, 0.2) is 15.9 Å². The zero-order valence-electron chi connectivity index (χ0n) is 7.69. The first-order chi connectivity index (χ1) is 6.38. The normalized spacial score (nSPS) is 28.1. The minimum Gasteiger partial charge on any atom is -0.317 e. The molecule has 13 heavy (non-hydrogen) atoms. The molecule has 0 bridgehead atoms. The highest BCUT2D eigenvalue weighted by molar-refractivity contribution is 8.01. The first-order valence-corrected chi connectivity index (χ1v) is 6.38. The molecule has 0 saturated heterocycles. The van der Waals surface area contributed by atoms with Gasteiger partial charge in [-0.15, -0.1) is 11.3 Å². The molecule has 0 aliphatic heterocycles. The highest BCUT2D eigenvalue weighted by Crippen LogP contribution is 2.35. The summed E-state index contributed by atoms with van der Waals surface area (Å²) in [7, 11) is 2.06. The van der Waals surface area contributed by atoms with Gasteiger partial charge < -0.3 is 5.32 Å². The summed E-state index contributed by atoms with van der Waals surface area (Å²) in [5, 5.41) is 6.17. The molecule has 1 aliphatic rings. The molecule has 1 aliphatic carbocycles. The molecular weight excluding hydrogens is 200 g/mol. The Balaban J connectivity index is 1.84. The van der Waals surface area contributed by atoms with Crippen molar-refractivity contribution in [2.45, 2.75) is 34.9 Å². The van der Waals surface area contributed by atoms with Gasteiger partial charge in [-0.1, -0.05) is 11.8 Å². The van der Waals surface area contributed by atoms with Crippen LogP contribution in [0.1, 0.15) is 19.3 Å². The van der Waals surface area contributed by atoms with Crippen molar-refractivity contribution in [3.05, 3.63) is 11.6 Å². The molecule has 72 valence electrons. The SMILES string of the molecule is CNC1CCC(Sc2nccs2)C1. The Kier molecular flexibility index (Phi) is 3.24. The number of hydrogen-bond donors (Lipinski definition) is 1. The number of nitrogens with one attached hydrogen (secondary N) is 1. The van der Waals surface area contributed by atoms with Gasteiger partial charge in [0.2, 0.25) is 0 Å². The number of aromatic nitrogens is 1. The van der Waals surface area contributed by atoms with E-state index in [2.05, 4.69) is 17.3 Å². The molecule has 0 radical (unpaired) electrons. The smallest absolute Gasteiger partial charge is 0.150 e. The minimum atomic E-state index is 0.734. The Bertz CT molecular complexity index is 248. The fourth-order valence-electron chi connectivity index (χ4n) is 1.72. The lowest BCUT2D eigenvalue weighted by Gasteiger charge is -2.08. The van der Waals surface area contributed by atoms with Crippen molar-refractivity contribution in [2.75, 3.05) is 7.05 Å². The lowest BCUT2D eigenvalue weighted by molar-refractivity contribution is 0.583. The predicted molar refractivity (Wildman–Crippen MR) is 58.5 cm³/mol. The van der Waals surface area contributed by atoms with E-state index < -0.39 is 0 Å². The Labute approximate surface area is 87.1 Å². The molecule has 1 heterocycles. The van der Waals surface area contributed by atoms with Crippen molar-refractivity contribution in [1.29, 1.82) is 0 Å². The van der Waals surface area contributed by atoms with E-state index in [0.717, 1.165) is 11.3 Å². The summed E-state index contributed by atoms with van der Waals surface area (Å²) in [4.78, 5) is 4.29. The molecule has 0 spiro atoms. The summed E-state index contributed by atoms with van der Waals surface area (Å²) in [5.74, 6) is 0. The van der Waals surface area contributed by atoms with E-state index in [1.165, 1.54) is 23.6 Å². The summed E-state index contributed by atoms with van der Waals surface area (Å²) < 4.78 is 1.22. The van der Waals surface area contributed by atoms with Gasteiger partial charge >= 0.3 is 0 Å². The summed E-state index contributed by atoms with van der Waals surface area (Å²) in [6.07, 6.45) is 5.83. The second-order valence-electron chi connectivity index (χ2n) is 3.34. The Morgan fingerprint density at radius 1 is 1.62 bits per heavy atom. The van der Waals surface area contributed by atoms with Gasteiger partial charge in [-0.25, -0.2) is 4.98 Å².